The van der Waals surface area contributed by atoms with Gasteiger partial charge >= 0.3 is 0 Å². The molecule has 3 aliphatic heterocycles. The SMILES string of the molecule is CC1(C)c2ccccc2-c2c1ccc1c2N(c2ccccc2)c2cc(-c3cccc(-c4ccccc4)n3)ccc2S1.CC1(C)c2ccccc2-c2c1ccc1c2N(c2ccccc2)c2cc(-c3cccc4c3oc3ccccc34)ccc2S1.CC1(C)c2ccccc2-c2c1ccc1c2N(c2ccccc2)c2cc(-c3cccc4c3sc3ccccc34)ccc2S1. The molecule has 0 spiro atoms. The van der Waals surface area contributed by atoms with E-state index in [1.807, 2.05) is 58.8 Å². The van der Waals surface area contributed by atoms with Crippen LogP contribution in [-0.4, -0.2) is 4.98 Å². The summed E-state index contributed by atoms with van der Waals surface area (Å²) in [6.45, 7) is 14.1. The first-order chi connectivity index (χ1) is 61.3. The number of aromatic nitrogens is 1. The molecule has 20 aromatic rings. The highest BCUT2D eigenvalue weighted by Crippen LogP contribution is 2.66. The van der Waals surface area contributed by atoms with E-state index in [4.69, 9.17) is 9.40 Å². The van der Waals surface area contributed by atoms with E-state index in [0.717, 1.165) is 67.0 Å². The number of pyridine rings is 1. The summed E-state index contributed by atoms with van der Waals surface area (Å²) in [5, 5.41) is 4.98. The van der Waals surface area contributed by atoms with Gasteiger partial charge in [0.1, 0.15) is 11.2 Å². The zero-order chi connectivity index (χ0) is 83.6. The second kappa shape index (κ2) is 29.3. The highest BCUT2D eigenvalue weighted by atomic mass is 32.2. The second-order valence-electron chi connectivity index (χ2n) is 34.7. The van der Waals surface area contributed by atoms with E-state index in [9.17, 15) is 0 Å². The van der Waals surface area contributed by atoms with Gasteiger partial charge in [-0.1, -0.05) is 350 Å². The van der Waals surface area contributed by atoms with Crippen LogP contribution in [0.25, 0.3) is 120 Å². The maximum Gasteiger partial charge on any atom is 0.143 e. The van der Waals surface area contributed by atoms with Gasteiger partial charge in [0.25, 0.3) is 0 Å². The maximum atomic E-state index is 6.45. The molecule has 0 saturated carbocycles. The van der Waals surface area contributed by atoms with Crippen molar-refractivity contribution in [1.82, 2.24) is 4.98 Å². The van der Waals surface area contributed by atoms with Gasteiger partial charge in [0.05, 0.1) is 45.5 Å². The molecule has 596 valence electrons. The van der Waals surface area contributed by atoms with Crippen molar-refractivity contribution in [1.29, 1.82) is 0 Å². The zero-order valence-corrected chi connectivity index (χ0v) is 73.0. The number of rotatable bonds is 7. The minimum Gasteiger partial charge on any atom is -0.455 e. The third kappa shape index (κ3) is 11.9. The van der Waals surface area contributed by atoms with Gasteiger partial charge in [-0.25, -0.2) is 4.98 Å². The van der Waals surface area contributed by atoms with Crippen molar-refractivity contribution in [3.05, 3.63) is 422 Å². The molecule has 0 unspecified atom stereocenters. The standard InChI is InChI=1S/C39H27NOS.C39H27NS2.C38H28N2S/c1-39(2)30-17-8-6-14-29(30)36-31(39)20-22-35-37(36)40(25-11-4-3-5-12-25)32-23-24(19-21-34(32)42-35)26-15-10-16-28-27-13-7-9-18-33(27)41-38(26)28;1-39(2)30-17-8-6-14-29(30)36-31(39)20-22-35-37(36)40(25-11-4-3-5-12-25)32-23-24(19-21-34(32)41-35)26-15-10-16-28-27-13-7-9-18-33(27)42-38(26)28;1-38(2)29-17-10-9-16-28(29)36-30(38)21-23-35-37(36)40(27-14-7-4-8-15-27)33-24-26(20-22-34(33)41-35)32-19-11-18-31(39-32)25-12-5-3-6-13-25/h2*3-23H,1-2H3;3-24H,1-2H3. The number of thiophene rings is 1. The van der Waals surface area contributed by atoms with Gasteiger partial charge in [-0.15, -0.1) is 11.3 Å². The summed E-state index contributed by atoms with van der Waals surface area (Å²) in [6.07, 6.45) is 0. The predicted molar refractivity (Wildman–Crippen MR) is 528 cm³/mol. The van der Waals surface area contributed by atoms with Gasteiger partial charge < -0.3 is 19.1 Å². The lowest BCUT2D eigenvalue weighted by Gasteiger charge is -2.35. The smallest absolute Gasteiger partial charge is 0.143 e. The largest absolute Gasteiger partial charge is 0.455 e. The lowest BCUT2D eigenvalue weighted by molar-refractivity contribution is 0.660. The molecule has 0 radical (unpaired) electrons. The van der Waals surface area contributed by atoms with Crippen LogP contribution >= 0.6 is 46.6 Å². The third-order valence-corrected chi connectivity index (χ3v) is 31.1. The summed E-state index contributed by atoms with van der Waals surface area (Å²) in [4.78, 5) is 20.2. The zero-order valence-electron chi connectivity index (χ0n) is 69.8. The Hall–Kier alpha value is -13.6. The fourth-order valence-electron chi connectivity index (χ4n) is 20.6. The lowest BCUT2D eigenvalue weighted by atomic mass is 9.82. The van der Waals surface area contributed by atoms with E-state index in [-0.39, 0.29) is 16.2 Å². The van der Waals surface area contributed by atoms with E-state index in [2.05, 4.69) is 432 Å². The number of para-hydroxylation sites is 5. The normalized spacial score (nSPS) is 14.4. The summed E-state index contributed by atoms with van der Waals surface area (Å²) in [5.41, 5.74) is 38.1. The molecule has 125 heavy (non-hydrogen) atoms. The van der Waals surface area contributed by atoms with E-state index in [1.54, 1.807) is 0 Å². The minimum atomic E-state index is -0.0625. The average molecular weight is 1680 g/mol. The minimum absolute atomic E-state index is 0.0487. The summed E-state index contributed by atoms with van der Waals surface area (Å²) in [7, 11) is 0. The van der Waals surface area contributed by atoms with Crippen LogP contribution in [0.5, 0.6) is 0 Å². The van der Waals surface area contributed by atoms with E-state index in [1.165, 1.54) is 167 Å². The molecule has 26 rings (SSSR count). The Bertz CT molecular complexity index is 7500. The topological polar surface area (TPSA) is 35.8 Å². The lowest BCUT2D eigenvalue weighted by Crippen LogP contribution is -2.18. The van der Waals surface area contributed by atoms with Crippen LogP contribution in [0.3, 0.4) is 0 Å². The monoisotopic (exact) mass is 1670 g/mol. The molecule has 6 aliphatic rings. The van der Waals surface area contributed by atoms with Crippen molar-refractivity contribution in [3.63, 3.8) is 0 Å². The molecular weight excluding hydrogens is 1590 g/mol. The Labute approximate surface area is 745 Å². The van der Waals surface area contributed by atoms with Crippen LogP contribution in [0.4, 0.5) is 51.2 Å². The van der Waals surface area contributed by atoms with Crippen molar-refractivity contribution in [3.8, 4) is 78.1 Å². The Morgan fingerprint density at radius 3 is 1.10 bits per heavy atom. The molecule has 0 N–H and O–H groups in total. The fourth-order valence-corrected chi connectivity index (χ4v) is 25.0. The van der Waals surface area contributed by atoms with Crippen LogP contribution < -0.4 is 14.7 Å². The third-order valence-electron chi connectivity index (χ3n) is 26.6. The first kappa shape index (κ1) is 75.1. The molecule has 9 heteroatoms. The number of anilines is 9. The van der Waals surface area contributed by atoms with Gasteiger partial charge in [-0.2, -0.15) is 0 Å². The van der Waals surface area contributed by atoms with Crippen LogP contribution in [0, 0.1) is 0 Å². The van der Waals surface area contributed by atoms with Gasteiger partial charge in [0.2, 0.25) is 0 Å². The first-order valence-electron chi connectivity index (χ1n) is 43.0. The maximum absolute atomic E-state index is 6.45. The first-order valence-corrected chi connectivity index (χ1v) is 46.2. The Kier molecular flexibility index (Phi) is 17.6. The molecule has 0 saturated heterocycles. The summed E-state index contributed by atoms with van der Waals surface area (Å²) >= 11 is 7.52. The number of hydrogen-bond acceptors (Lipinski definition) is 9. The molecule has 0 atom stereocenters. The average Bonchev–Trinajstić information content (AvgIpc) is 1.58. The van der Waals surface area contributed by atoms with Gasteiger partial charge in [0.15, 0.2) is 0 Å². The molecule has 0 bridgehead atoms. The Morgan fingerprint density at radius 2 is 0.608 bits per heavy atom. The van der Waals surface area contributed by atoms with Crippen molar-refractivity contribution in [2.45, 2.75) is 87.2 Å². The van der Waals surface area contributed by atoms with E-state index >= 15 is 0 Å². The quantitative estimate of drug-likeness (QED) is 0.156. The van der Waals surface area contributed by atoms with Gasteiger partial charge in [-0.3, -0.25) is 0 Å². The molecule has 0 fully saturated rings. The van der Waals surface area contributed by atoms with Crippen molar-refractivity contribution in [2.75, 3.05) is 14.7 Å². The number of furan rings is 1. The fraction of sp³-hybridized carbons (Fsp3) is 0.0776. The van der Waals surface area contributed by atoms with Gasteiger partial charge in [-0.05, 0) is 182 Å². The second-order valence-corrected chi connectivity index (χ2v) is 39.0. The van der Waals surface area contributed by atoms with Crippen LogP contribution in [0.2, 0.25) is 0 Å². The van der Waals surface area contributed by atoms with Crippen LogP contribution in [0.1, 0.15) is 74.9 Å². The molecule has 0 amide bonds. The molecule has 17 aromatic carbocycles. The Morgan fingerprint density at radius 1 is 0.256 bits per heavy atom. The summed E-state index contributed by atoms with van der Waals surface area (Å²) in [5.74, 6) is 0. The Balaban J connectivity index is 0.000000105. The molecule has 3 aromatic heterocycles. The van der Waals surface area contributed by atoms with Crippen LogP contribution in [0.15, 0.2) is 422 Å². The van der Waals surface area contributed by atoms with Crippen molar-refractivity contribution in [2.24, 2.45) is 0 Å². The highest BCUT2D eigenvalue weighted by Gasteiger charge is 2.45. The van der Waals surface area contributed by atoms with Gasteiger partial charge in [0, 0.05) is 127 Å². The number of nitrogens with zero attached hydrogens (tertiary/aromatic N) is 4. The van der Waals surface area contributed by atoms with E-state index in [0.29, 0.717) is 0 Å². The molecular formula is C116H82N4OS4. The summed E-state index contributed by atoms with van der Waals surface area (Å²) < 4.78 is 9.14. The van der Waals surface area contributed by atoms with Crippen LogP contribution in [-0.2, 0) is 16.2 Å². The molecule has 3 aliphatic carbocycles. The summed E-state index contributed by atoms with van der Waals surface area (Å²) in [6, 6.07) is 141. The number of fused-ring (bicyclic) bond motifs is 24. The predicted octanol–water partition coefficient (Wildman–Crippen LogP) is 34.1. The van der Waals surface area contributed by atoms with E-state index < -0.39 is 0 Å². The molecule has 5 nitrogen and oxygen atoms in total. The van der Waals surface area contributed by atoms with Crippen molar-refractivity contribution < 1.29 is 4.42 Å². The molecule has 6 heterocycles. The number of benzene rings is 17. The number of hydrogen-bond donors (Lipinski definition) is 0. The van der Waals surface area contributed by atoms with Crippen molar-refractivity contribution >= 4 is 140 Å². The highest BCUT2D eigenvalue weighted by molar-refractivity contribution is 8.00.